The number of piperidine rings is 1. The monoisotopic (exact) mass is 563 g/mol. The van der Waals surface area contributed by atoms with E-state index in [0.717, 1.165) is 50.7 Å². The number of hydrogen-bond acceptors (Lipinski definition) is 4. The first kappa shape index (κ1) is 28.9. The Morgan fingerprint density at radius 3 is 2.38 bits per heavy atom. The van der Waals surface area contributed by atoms with Crippen LogP contribution in [0.25, 0.3) is 0 Å². The average Bonchev–Trinajstić information content (AvgIpc) is 3.23. The summed E-state index contributed by atoms with van der Waals surface area (Å²) in [4.78, 5) is 40.0. The molecule has 1 heterocycles. The van der Waals surface area contributed by atoms with E-state index in [2.05, 4.69) is 13.8 Å². The molecule has 0 N–H and O–H groups in total. The molecule has 220 valence electrons. The molecule has 0 spiro atoms. The molecule has 7 nitrogen and oxygen atoms in total. The number of likely N-dealkylation sites (tertiary alicyclic amines) is 1. The van der Waals surface area contributed by atoms with Crippen molar-refractivity contribution in [3.63, 3.8) is 0 Å². The van der Waals surface area contributed by atoms with Gasteiger partial charge in [-0.2, -0.15) is 13.2 Å². The highest BCUT2D eigenvalue weighted by Gasteiger charge is 2.62. The Hall–Kier alpha value is -2.65. The largest absolute Gasteiger partial charge is 0.423 e. The second-order valence-electron chi connectivity index (χ2n) is 13.4. The van der Waals surface area contributed by atoms with E-state index >= 15 is 0 Å². The van der Waals surface area contributed by atoms with Crippen LogP contribution < -0.4 is 4.90 Å². The van der Waals surface area contributed by atoms with E-state index in [9.17, 15) is 32.9 Å². The molecule has 0 aromatic heterocycles. The minimum atomic E-state index is -4.92. The predicted octanol–water partition coefficient (Wildman–Crippen LogP) is 6.83. The molecule has 3 saturated carbocycles. The van der Waals surface area contributed by atoms with Crippen LogP contribution in [-0.4, -0.2) is 40.8 Å². The third kappa shape index (κ3) is 4.31. The van der Waals surface area contributed by atoms with E-state index in [4.69, 9.17) is 0 Å². The van der Waals surface area contributed by atoms with Gasteiger partial charge < -0.3 is 9.80 Å². The Balaban J connectivity index is 1.51. The zero-order valence-corrected chi connectivity index (χ0v) is 24.0. The van der Waals surface area contributed by atoms with Crippen molar-refractivity contribution in [2.24, 2.45) is 34.5 Å². The van der Waals surface area contributed by atoms with Crippen LogP contribution in [0.4, 0.5) is 24.5 Å². The van der Waals surface area contributed by atoms with Gasteiger partial charge in [-0.25, -0.2) is 0 Å². The lowest BCUT2D eigenvalue weighted by atomic mass is 9.47. The van der Waals surface area contributed by atoms with Crippen molar-refractivity contribution >= 4 is 23.2 Å². The molecule has 0 radical (unpaired) electrons. The number of nitro benzene ring substituents is 1. The fourth-order valence-corrected chi connectivity index (χ4v) is 9.35. The normalized spacial score (nSPS) is 35.7. The number of nitrogens with zero attached hydrogens (tertiary/aromatic N) is 3. The molecule has 1 aromatic carbocycles. The van der Waals surface area contributed by atoms with Crippen LogP contribution in [0.15, 0.2) is 18.2 Å². The maximum Gasteiger partial charge on any atom is 0.423 e. The van der Waals surface area contributed by atoms with Gasteiger partial charge in [0.1, 0.15) is 5.56 Å². The van der Waals surface area contributed by atoms with Gasteiger partial charge in [0.25, 0.3) is 5.69 Å². The Morgan fingerprint density at radius 1 is 1.07 bits per heavy atom. The fourth-order valence-electron chi connectivity index (χ4n) is 9.35. The quantitative estimate of drug-likeness (QED) is 0.297. The van der Waals surface area contributed by atoms with Crippen molar-refractivity contribution < 1.29 is 27.7 Å². The maximum atomic E-state index is 13.9. The van der Waals surface area contributed by atoms with E-state index in [0.29, 0.717) is 30.6 Å². The smallest absolute Gasteiger partial charge is 0.342 e. The molecule has 2 amide bonds. The Bertz CT molecular complexity index is 1220. The second-order valence-corrected chi connectivity index (χ2v) is 13.4. The molecular formula is C30H40F3N3O4. The number of amides is 2. The number of fused-ring (bicyclic) bond motifs is 5. The summed E-state index contributed by atoms with van der Waals surface area (Å²) >= 11 is 0. The van der Waals surface area contributed by atoms with Crippen LogP contribution in [0.1, 0.15) is 84.6 Å². The number of hydrogen-bond donors (Lipinski definition) is 0. The Labute approximate surface area is 233 Å². The molecule has 4 fully saturated rings. The molecule has 3 aliphatic carbocycles. The van der Waals surface area contributed by atoms with Crippen molar-refractivity contribution in [1.82, 2.24) is 4.90 Å². The first-order valence-electron chi connectivity index (χ1n) is 14.6. The van der Waals surface area contributed by atoms with Gasteiger partial charge in [0, 0.05) is 43.2 Å². The van der Waals surface area contributed by atoms with E-state index in [-0.39, 0.29) is 40.4 Å². The summed E-state index contributed by atoms with van der Waals surface area (Å²) in [5.41, 5.74) is -2.51. The van der Waals surface area contributed by atoms with Crippen molar-refractivity contribution in [3.05, 3.63) is 33.9 Å². The molecule has 1 aliphatic heterocycles. The lowest BCUT2D eigenvalue weighted by Crippen LogP contribution is -2.62. The van der Waals surface area contributed by atoms with Gasteiger partial charge in [0.05, 0.1) is 4.92 Å². The van der Waals surface area contributed by atoms with Crippen molar-refractivity contribution in [3.8, 4) is 0 Å². The van der Waals surface area contributed by atoms with Crippen LogP contribution in [0.5, 0.6) is 0 Å². The van der Waals surface area contributed by atoms with Crippen LogP contribution >= 0.6 is 0 Å². The van der Waals surface area contributed by atoms with E-state index in [1.165, 1.54) is 6.07 Å². The van der Waals surface area contributed by atoms with Crippen LogP contribution in [0.2, 0.25) is 0 Å². The first-order chi connectivity index (χ1) is 18.6. The maximum absolute atomic E-state index is 13.9. The van der Waals surface area contributed by atoms with Gasteiger partial charge >= 0.3 is 6.18 Å². The van der Waals surface area contributed by atoms with Gasteiger partial charge in [-0.3, -0.25) is 19.7 Å². The summed E-state index contributed by atoms with van der Waals surface area (Å²) in [6.07, 6.45) is 1.86. The highest BCUT2D eigenvalue weighted by molar-refractivity contribution is 5.95. The van der Waals surface area contributed by atoms with Gasteiger partial charge in [-0.15, -0.1) is 0 Å². The number of nitro groups is 1. The van der Waals surface area contributed by atoms with Gasteiger partial charge in [0.2, 0.25) is 11.8 Å². The molecule has 0 bridgehead atoms. The molecule has 4 aliphatic rings. The number of carbonyl (C=O) groups is 2. The number of alkyl halides is 3. The van der Waals surface area contributed by atoms with Gasteiger partial charge in [-0.1, -0.05) is 27.7 Å². The fraction of sp³-hybridized carbons (Fsp3) is 0.733. The molecular weight excluding hydrogens is 523 g/mol. The SMILES string of the molecule is CC(C)C(=O)N(c1ccc([N+](=O)[O-])c(C(F)(F)F)c1)[C@H]1CC[C@H]2[C@@H]3CC[C@H]4N(C)C(=O)CC[C@]4(C)[C@H]3CC[C@]12C. The molecule has 40 heavy (non-hydrogen) atoms. The average molecular weight is 564 g/mol. The lowest BCUT2D eigenvalue weighted by Gasteiger charge is -2.62. The van der Waals surface area contributed by atoms with Crippen LogP contribution in [-0.2, 0) is 15.8 Å². The van der Waals surface area contributed by atoms with Crippen LogP contribution in [0, 0.1) is 44.6 Å². The van der Waals surface area contributed by atoms with Crippen molar-refractivity contribution in [2.75, 3.05) is 11.9 Å². The Kier molecular flexibility index (Phi) is 7.02. The summed E-state index contributed by atoms with van der Waals surface area (Å²) < 4.78 is 41.7. The van der Waals surface area contributed by atoms with Crippen molar-refractivity contribution in [1.29, 1.82) is 0 Å². The highest BCUT2D eigenvalue weighted by Crippen LogP contribution is 2.65. The summed E-state index contributed by atoms with van der Waals surface area (Å²) in [5, 5.41) is 11.4. The number of halogens is 3. The third-order valence-electron chi connectivity index (χ3n) is 11.3. The molecule has 1 saturated heterocycles. The zero-order valence-electron chi connectivity index (χ0n) is 24.0. The molecule has 0 unspecified atom stereocenters. The van der Waals surface area contributed by atoms with Gasteiger partial charge in [0.15, 0.2) is 0 Å². The first-order valence-corrected chi connectivity index (χ1v) is 14.6. The molecule has 5 rings (SSSR count). The minimum absolute atomic E-state index is 0.0401. The van der Waals surface area contributed by atoms with E-state index in [1.54, 1.807) is 18.7 Å². The number of rotatable bonds is 4. The summed E-state index contributed by atoms with van der Waals surface area (Å²) in [5.74, 6) is 0.716. The minimum Gasteiger partial charge on any atom is -0.342 e. The third-order valence-corrected chi connectivity index (χ3v) is 11.3. The van der Waals surface area contributed by atoms with E-state index in [1.807, 2.05) is 11.9 Å². The summed E-state index contributed by atoms with van der Waals surface area (Å²) in [7, 11) is 1.93. The van der Waals surface area contributed by atoms with Gasteiger partial charge in [-0.05, 0) is 85.7 Å². The highest BCUT2D eigenvalue weighted by atomic mass is 19.4. The van der Waals surface area contributed by atoms with Crippen molar-refractivity contribution in [2.45, 2.75) is 97.3 Å². The lowest BCUT2D eigenvalue weighted by molar-refractivity contribution is -0.388. The number of benzene rings is 1. The molecule has 10 heteroatoms. The van der Waals surface area contributed by atoms with E-state index < -0.39 is 28.3 Å². The number of carbonyl (C=O) groups excluding carboxylic acids is 2. The topological polar surface area (TPSA) is 83.8 Å². The Morgan fingerprint density at radius 2 is 1.75 bits per heavy atom. The zero-order chi connectivity index (χ0) is 29.4. The number of anilines is 1. The summed E-state index contributed by atoms with van der Waals surface area (Å²) in [6.45, 7) is 8.02. The second kappa shape index (κ2) is 9.72. The summed E-state index contributed by atoms with van der Waals surface area (Å²) in [6, 6.07) is 2.92. The predicted molar refractivity (Wildman–Crippen MR) is 144 cm³/mol. The van der Waals surface area contributed by atoms with Crippen LogP contribution in [0.3, 0.4) is 0 Å². The standard InChI is InChI=1S/C30H40F3N3O4/c1-17(2)27(38)35(18-6-9-23(36(39)40)22(16-18)30(31,32)33)25-11-8-20-19-7-10-24-28(3,15-13-26(37)34(24)5)21(19)12-14-29(20,25)4/h6,9,16-17,19-21,24-25H,7-8,10-15H2,1-5H3/t19-,20-,21-,24+,25-,28+,29-/m0/s1. The molecule has 1 aromatic rings. The molecule has 7 atom stereocenters.